The Balaban J connectivity index is 1.97. The lowest BCUT2D eigenvalue weighted by atomic mass is 9.94. The molecule has 2 rings (SSSR count). The number of amides is 1. The molecule has 1 aromatic heterocycles. The maximum atomic E-state index is 12.0. The highest BCUT2D eigenvalue weighted by molar-refractivity contribution is 5.96. The highest BCUT2D eigenvalue weighted by Crippen LogP contribution is 2.20. The molecule has 0 radical (unpaired) electrons. The van der Waals surface area contributed by atoms with Crippen molar-refractivity contribution in [3.63, 3.8) is 0 Å². The lowest BCUT2D eigenvalue weighted by Crippen LogP contribution is -2.46. The van der Waals surface area contributed by atoms with Crippen LogP contribution in [-0.2, 0) is 4.74 Å². The molecule has 0 spiro atoms. The Hall–Kier alpha value is -1.66. The van der Waals surface area contributed by atoms with Gasteiger partial charge in [0, 0.05) is 38.8 Å². The van der Waals surface area contributed by atoms with E-state index in [9.17, 15) is 9.90 Å². The number of ether oxygens (including phenoxy) is 2. The molecular formula is C13H18N2O4. The first-order valence-electron chi connectivity index (χ1n) is 6.21. The molecule has 1 aromatic rings. The van der Waals surface area contributed by atoms with Crippen LogP contribution in [0.4, 0.5) is 0 Å². The van der Waals surface area contributed by atoms with Gasteiger partial charge < -0.3 is 19.9 Å². The third kappa shape index (κ3) is 3.42. The fourth-order valence-electron chi connectivity index (χ4n) is 2.00. The first kappa shape index (κ1) is 13.8. The second-order valence-corrected chi connectivity index (χ2v) is 4.60. The summed E-state index contributed by atoms with van der Waals surface area (Å²) < 4.78 is 10.3. The van der Waals surface area contributed by atoms with E-state index in [1.165, 1.54) is 19.5 Å². The first-order chi connectivity index (χ1) is 9.14. The summed E-state index contributed by atoms with van der Waals surface area (Å²) in [5, 5.41) is 13.0. The number of hydrogen-bond donors (Lipinski definition) is 2. The minimum Gasteiger partial charge on any atom is -0.494 e. The molecule has 6 heteroatoms. The van der Waals surface area contributed by atoms with Crippen molar-refractivity contribution in [3.05, 3.63) is 24.0 Å². The normalized spacial score (nSPS) is 17.8. The van der Waals surface area contributed by atoms with E-state index in [0.29, 0.717) is 37.4 Å². The lowest BCUT2D eigenvalue weighted by Gasteiger charge is -2.32. The summed E-state index contributed by atoms with van der Waals surface area (Å²) in [5.74, 6) is 0.137. The average Bonchev–Trinajstić information content (AvgIpc) is 2.45. The second-order valence-electron chi connectivity index (χ2n) is 4.60. The van der Waals surface area contributed by atoms with Crippen LogP contribution in [0, 0.1) is 0 Å². The smallest absolute Gasteiger partial charge is 0.255 e. The molecule has 2 heterocycles. The van der Waals surface area contributed by atoms with Gasteiger partial charge in [-0.25, -0.2) is 0 Å². The highest BCUT2D eigenvalue weighted by Gasteiger charge is 2.30. The van der Waals surface area contributed by atoms with Crippen LogP contribution in [0.15, 0.2) is 18.5 Å². The molecule has 2 N–H and O–H groups in total. The number of carbonyl (C=O) groups is 1. The van der Waals surface area contributed by atoms with Crippen molar-refractivity contribution in [1.29, 1.82) is 0 Å². The minimum atomic E-state index is -0.881. The highest BCUT2D eigenvalue weighted by atomic mass is 16.5. The Morgan fingerprint density at radius 2 is 2.32 bits per heavy atom. The Kier molecular flexibility index (Phi) is 4.34. The molecule has 19 heavy (non-hydrogen) atoms. The molecule has 1 saturated heterocycles. The second kappa shape index (κ2) is 5.99. The van der Waals surface area contributed by atoms with Crippen LogP contribution in [0.2, 0.25) is 0 Å². The monoisotopic (exact) mass is 266 g/mol. The molecule has 104 valence electrons. The molecule has 0 unspecified atom stereocenters. The van der Waals surface area contributed by atoms with Crippen molar-refractivity contribution in [2.75, 3.05) is 26.9 Å². The third-order valence-corrected chi connectivity index (χ3v) is 3.25. The quantitative estimate of drug-likeness (QED) is 0.822. The lowest BCUT2D eigenvalue weighted by molar-refractivity contribution is -0.0605. The molecule has 1 fully saturated rings. The summed E-state index contributed by atoms with van der Waals surface area (Å²) in [6, 6.07) is 1.59. The summed E-state index contributed by atoms with van der Waals surface area (Å²) in [7, 11) is 1.49. The van der Waals surface area contributed by atoms with Crippen molar-refractivity contribution in [3.8, 4) is 5.75 Å². The molecule has 1 aliphatic heterocycles. The molecular weight excluding hydrogens is 248 g/mol. The minimum absolute atomic E-state index is 0.209. The SMILES string of the molecule is COc1cnccc1C(=O)NCC1(O)CCOCC1. The van der Waals surface area contributed by atoms with Gasteiger partial charge in [-0.05, 0) is 6.07 Å². The van der Waals surface area contributed by atoms with E-state index in [4.69, 9.17) is 9.47 Å². The van der Waals surface area contributed by atoms with Gasteiger partial charge in [-0.1, -0.05) is 0 Å². The average molecular weight is 266 g/mol. The van der Waals surface area contributed by atoms with Crippen molar-refractivity contribution in [2.24, 2.45) is 0 Å². The van der Waals surface area contributed by atoms with Crippen molar-refractivity contribution in [1.82, 2.24) is 10.3 Å². The van der Waals surface area contributed by atoms with E-state index in [-0.39, 0.29) is 12.5 Å². The molecule has 6 nitrogen and oxygen atoms in total. The van der Waals surface area contributed by atoms with Crippen LogP contribution in [0.1, 0.15) is 23.2 Å². The van der Waals surface area contributed by atoms with Gasteiger partial charge in [-0.2, -0.15) is 0 Å². The number of carbonyl (C=O) groups excluding carboxylic acids is 1. The van der Waals surface area contributed by atoms with Gasteiger partial charge in [0.25, 0.3) is 5.91 Å². The van der Waals surface area contributed by atoms with Crippen LogP contribution < -0.4 is 10.1 Å². The number of aromatic nitrogens is 1. The maximum Gasteiger partial charge on any atom is 0.255 e. The van der Waals surface area contributed by atoms with Gasteiger partial charge in [0.2, 0.25) is 0 Å². The van der Waals surface area contributed by atoms with Crippen molar-refractivity contribution < 1.29 is 19.4 Å². The van der Waals surface area contributed by atoms with Crippen molar-refractivity contribution >= 4 is 5.91 Å². The van der Waals surface area contributed by atoms with Crippen molar-refractivity contribution in [2.45, 2.75) is 18.4 Å². The number of nitrogens with zero attached hydrogens (tertiary/aromatic N) is 1. The van der Waals surface area contributed by atoms with Crippen LogP contribution in [0.25, 0.3) is 0 Å². The van der Waals surface area contributed by atoms with E-state index in [1.54, 1.807) is 6.07 Å². The van der Waals surface area contributed by atoms with E-state index in [1.807, 2.05) is 0 Å². The predicted molar refractivity (Wildman–Crippen MR) is 68.1 cm³/mol. The van der Waals surface area contributed by atoms with Gasteiger partial charge in [0.1, 0.15) is 5.75 Å². The topological polar surface area (TPSA) is 80.7 Å². The number of methoxy groups -OCH3 is 1. The first-order valence-corrected chi connectivity index (χ1v) is 6.21. The zero-order valence-electron chi connectivity index (χ0n) is 10.9. The van der Waals surface area contributed by atoms with Gasteiger partial charge in [0.05, 0.1) is 24.5 Å². The number of rotatable bonds is 4. The standard InChI is InChI=1S/C13H18N2O4/c1-18-11-8-14-5-2-10(11)12(16)15-9-13(17)3-6-19-7-4-13/h2,5,8,17H,3-4,6-7,9H2,1H3,(H,15,16). The maximum absolute atomic E-state index is 12.0. The number of nitrogens with one attached hydrogen (secondary N) is 1. The Labute approximate surface area is 111 Å². The summed E-state index contributed by atoms with van der Waals surface area (Å²) in [5.41, 5.74) is -0.470. The fourth-order valence-corrected chi connectivity index (χ4v) is 2.00. The van der Waals surface area contributed by atoms with Crippen LogP contribution in [0.5, 0.6) is 5.75 Å². The van der Waals surface area contributed by atoms with E-state index in [0.717, 1.165) is 0 Å². The number of hydrogen-bond acceptors (Lipinski definition) is 5. The fraction of sp³-hybridized carbons (Fsp3) is 0.538. The Bertz CT molecular complexity index is 444. The molecule has 1 aliphatic rings. The summed E-state index contributed by atoms with van der Waals surface area (Å²) >= 11 is 0. The van der Waals surface area contributed by atoms with Gasteiger partial charge >= 0.3 is 0 Å². The van der Waals surface area contributed by atoms with Crippen LogP contribution in [0.3, 0.4) is 0 Å². The number of pyridine rings is 1. The van der Waals surface area contributed by atoms with Gasteiger partial charge in [0.15, 0.2) is 0 Å². The van der Waals surface area contributed by atoms with Gasteiger partial charge in [-0.15, -0.1) is 0 Å². The molecule has 0 aliphatic carbocycles. The van der Waals surface area contributed by atoms with Gasteiger partial charge in [-0.3, -0.25) is 9.78 Å². The molecule has 0 atom stereocenters. The molecule has 0 aromatic carbocycles. The molecule has 0 saturated carbocycles. The molecule has 1 amide bonds. The summed E-state index contributed by atoms with van der Waals surface area (Å²) in [6.07, 6.45) is 4.07. The summed E-state index contributed by atoms with van der Waals surface area (Å²) in [4.78, 5) is 15.9. The van der Waals surface area contributed by atoms with E-state index >= 15 is 0 Å². The zero-order chi connectivity index (χ0) is 13.7. The van der Waals surface area contributed by atoms with Crippen LogP contribution in [-0.4, -0.2) is 48.5 Å². The predicted octanol–water partition coefficient (Wildman–Crippen LogP) is 0.361. The zero-order valence-corrected chi connectivity index (χ0v) is 10.9. The molecule has 0 bridgehead atoms. The third-order valence-electron chi connectivity index (χ3n) is 3.25. The largest absolute Gasteiger partial charge is 0.494 e. The van der Waals surface area contributed by atoms with E-state index < -0.39 is 5.60 Å². The number of aliphatic hydroxyl groups is 1. The summed E-state index contributed by atoms with van der Waals surface area (Å²) in [6.45, 7) is 1.25. The van der Waals surface area contributed by atoms with Crippen LogP contribution >= 0.6 is 0 Å². The Morgan fingerprint density at radius 3 is 3.00 bits per heavy atom. The van der Waals surface area contributed by atoms with E-state index in [2.05, 4.69) is 10.3 Å². The Morgan fingerprint density at radius 1 is 1.58 bits per heavy atom.